The molecule has 0 aliphatic carbocycles. The van der Waals surface area contributed by atoms with Gasteiger partial charge in [0, 0.05) is 59.9 Å². The van der Waals surface area contributed by atoms with Crippen LogP contribution in [-0.2, 0) is 25.7 Å². The van der Waals surface area contributed by atoms with Crippen molar-refractivity contribution in [3.63, 3.8) is 0 Å². The minimum absolute atomic E-state index is 0.990. The number of benzene rings is 3. The van der Waals surface area contributed by atoms with Crippen LogP contribution in [0.2, 0.25) is 0 Å². The molecule has 7 aromatic heterocycles. The van der Waals surface area contributed by atoms with Gasteiger partial charge in [-0.25, -0.2) is 0 Å². The molecule has 0 bridgehead atoms. The van der Waals surface area contributed by atoms with Crippen molar-refractivity contribution in [2.75, 3.05) is 0 Å². The van der Waals surface area contributed by atoms with Crippen LogP contribution in [0.5, 0.6) is 0 Å². The highest BCUT2D eigenvalue weighted by Gasteiger charge is 2.19. The first-order chi connectivity index (χ1) is 41.0. The van der Waals surface area contributed by atoms with E-state index in [1.54, 1.807) is 0 Å². The van der Waals surface area contributed by atoms with Gasteiger partial charge in [-0.3, -0.25) is 0 Å². The normalized spacial score (nSPS) is 12.1. The van der Waals surface area contributed by atoms with E-state index in [-0.39, 0.29) is 0 Å². The van der Waals surface area contributed by atoms with Gasteiger partial charge in [-0.2, -0.15) is 8.75 Å². The lowest BCUT2D eigenvalue weighted by atomic mass is 10.0. The van der Waals surface area contributed by atoms with Gasteiger partial charge in [0.15, 0.2) is 0 Å². The Morgan fingerprint density at radius 1 is 0.301 bits per heavy atom. The lowest BCUT2D eigenvalue weighted by Gasteiger charge is -2.03. The lowest BCUT2D eigenvalue weighted by molar-refractivity contribution is 0.667. The molecule has 0 amide bonds. The summed E-state index contributed by atoms with van der Waals surface area (Å²) in [6, 6.07) is 41.4. The summed E-state index contributed by atoms with van der Waals surface area (Å²) in [6.45, 7) is 9.15. The van der Waals surface area contributed by atoms with Gasteiger partial charge >= 0.3 is 0 Å². The van der Waals surface area contributed by atoms with E-state index in [9.17, 15) is 0 Å². The molecule has 0 aliphatic heterocycles. The molecule has 0 saturated carbocycles. The maximum absolute atomic E-state index is 4.96. The van der Waals surface area contributed by atoms with Crippen molar-refractivity contribution in [1.82, 2.24) is 8.75 Å². The number of aromatic nitrogens is 2. The molecule has 10 aromatic rings. The zero-order chi connectivity index (χ0) is 57.0. The number of hydrogen-bond acceptors (Lipinski definition) is 9. The first kappa shape index (κ1) is 60.8. The zero-order valence-electron chi connectivity index (χ0n) is 49.1. The SMILES string of the molecule is CCCCCCc1ccsc1/C=C/c1ccc(/C=C/c2sc(-c3ccc(-c4ccc(-c5ccc(-c6cc(CCCCCC)c(/C=C/c7ccc(/C=C/c8sccc8CCCCCC)cc7)s6)s5)c5nsnc45)s3)cc2CCCCCC)cc1. The second-order valence-electron chi connectivity index (χ2n) is 22.0. The molecule has 10 rings (SSSR count). The van der Waals surface area contributed by atoms with Gasteiger partial charge in [-0.1, -0.05) is 190 Å². The molecule has 0 aliphatic rings. The van der Waals surface area contributed by atoms with E-state index in [2.05, 4.69) is 196 Å². The Balaban J connectivity index is 0.823. The van der Waals surface area contributed by atoms with Crippen LogP contribution in [0.25, 0.3) is 100 Å². The fourth-order valence-electron chi connectivity index (χ4n) is 10.8. The quantitative estimate of drug-likeness (QED) is 0.0393. The molecular formula is C74H80N2S7. The summed E-state index contributed by atoms with van der Waals surface area (Å²) < 4.78 is 9.92. The maximum atomic E-state index is 4.96. The Kier molecular flexibility index (Phi) is 23.2. The minimum atomic E-state index is 0.990. The van der Waals surface area contributed by atoms with Crippen molar-refractivity contribution in [1.29, 1.82) is 0 Å². The monoisotopic (exact) mass is 1220 g/mol. The highest BCUT2D eigenvalue weighted by Crippen LogP contribution is 2.46. The van der Waals surface area contributed by atoms with Gasteiger partial charge in [0.1, 0.15) is 11.0 Å². The third-order valence-electron chi connectivity index (χ3n) is 15.7. The maximum Gasteiger partial charge on any atom is 0.114 e. The largest absolute Gasteiger partial charge is 0.172 e. The summed E-state index contributed by atoms with van der Waals surface area (Å²) in [5.41, 5.74) is 15.1. The predicted octanol–water partition coefficient (Wildman–Crippen LogP) is 25.9. The van der Waals surface area contributed by atoms with Gasteiger partial charge in [-0.15, -0.1) is 68.0 Å². The van der Waals surface area contributed by atoms with Crippen LogP contribution in [0, 0.1) is 0 Å². The topological polar surface area (TPSA) is 25.8 Å². The van der Waals surface area contributed by atoms with Crippen LogP contribution in [0.15, 0.2) is 120 Å². The van der Waals surface area contributed by atoms with Crippen molar-refractivity contribution >= 4 is 139 Å². The summed E-state index contributed by atoms with van der Waals surface area (Å²) in [5.74, 6) is 0. The van der Waals surface area contributed by atoms with Crippen LogP contribution in [-0.4, -0.2) is 8.75 Å². The average molecular weight is 1220 g/mol. The van der Waals surface area contributed by atoms with Crippen molar-refractivity contribution in [3.8, 4) is 40.4 Å². The Morgan fingerprint density at radius 3 is 1.00 bits per heavy atom. The average Bonchev–Trinajstić information content (AvgIpc) is 4.15. The number of aryl methyl sites for hydroxylation is 4. The van der Waals surface area contributed by atoms with Crippen LogP contribution in [0.1, 0.15) is 194 Å². The summed E-state index contributed by atoms with van der Waals surface area (Å²) in [5, 5.41) is 4.48. The fraction of sp³-hybridized carbons (Fsp3) is 0.324. The number of rotatable bonds is 32. The second kappa shape index (κ2) is 31.7. The van der Waals surface area contributed by atoms with Crippen LogP contribution < -0.4 is 0 Å². The molecule has 428 valence electrons. The van der Waals surface area contributed by atoms with Crippen LogP contribution in [0.3, 0.4) is 0 Å². The first-order valence-electron chi connectivity index (χ1n) is 30.7. The molecule has 0 N–H and O–H groups in total. The Labute approximate surface area is 524 Å². The molecule has 83 heavy (non-hydrogen) atoms. The van der Waals surface area contributed by atoms with Crippen molar-refractivity contribution in [2.24, 2.45) is 0 Å². The van der Waals surface area contributed by atoms with Gasteiger partial charge in [0.25, 0.3) is 0 Å². The van der Waals surface area contributed by atoms with Crippen LogP contribution in [0.4, 0.5) is 0 Å². The molecule has 9 heteroatoms. The number of nitrogens with zero attached hydrogens (tertiary/aromatic N) is 2. The Bertz CT molecular complexity index is 3460. The van der Waals surface area contributed by atoms with Crippen molar-refractivity contribution in [2.45, 2.75) is 156 Å². The van der Waals surface area contributed by atoms with Gasteiger partial charge in [-0.05, 0) is 179 Å². The van der Waals surface area contributed by atoms with Crippen molar-refractivity contribution < 1.29 is 0 Å². The summed E-state index contributed by atoms with van der Waals surface area (Å²) >= 11 is 12.6. The Hall–Kier alpha value is -5.36. The summed E-state index contributed by atoms with van der Waals surface area (Å²) in [4.78, 5) is 13.3. The predicted molar refractivity (Wildman–Crippen MR) is 379 cm³/mol. The van der Waals surface area contributed by atoms with Gasteiger partial charge < -0.3 is 0 Å². The van der Waals surface area contributed by atoms with E-state index in [4.69, 9.17) is 8.75 Å². The molecule has 0 radical (unpaired) electrons. The number of thiophene rings is 6. The smallest absolute Gasteiger partial charge is 0.114 e. The minimum Gasteiger partial charge on any atom is -0.172 e. The summed E-state index contributed by atoms with van der Waals surface area (Å²) in [7, 11) is 0. The molecule has 0 fully saturated rings. The van der Waals surface area contributed by atoms with E-state index in [0.29, 0.717) is 0 Å². The van der Waals surface area contributed by atoms with Gasteiger partial charge in [0.05, 0.1) is 11.7 Å². The number of hydrogen-bond donors (Lipinski definition) is 0. The zero-order valence-corrected chi connectivity index (χ0v) is 54.8. The standard InChI is InChI=1S/C74H80N2S7/c1-5-9-13-17-21-57-47-49-77-63(57)39-33-53-25-29-55(30-26-53)35-41-65-59(23-19-15-11-7-3)51-71(79-65)69-45-43-67(81-69)61-37-38-62(74-73(61)75-83-76-74)68-44-46-70(82-68)72-52-60(24-20-16-12-8-4)66(80-72)42-36-56-31-27-54(28-32-56)34-40-64-58(48-50-78-64)22-18-14-10-6-2/h25-52H,5-24H2,1-4H3/b39-33+,40-34+,41-35+,42-36+. The molecule has 2 nitrogen and oxygen atoms in total. The molecule has 0 spiro atoms. The molecular weight excluding hydrogens is 1140 g/mol. The molecule has 3 aromatic carbocycles. The summed E-state index contributed by atoms with van der Waals surface area (Å²) in [6.07, 6.45) is 43.5. The molecule has 7 heterocycles. The van der Waals surface area contributed by atoms with E-state index >= 15 is 0 Å². The third-order valence-corrected chi connectivity index (χ3v) is 23.0. The highest BCUT2D eigenvalue weighted by molar-refractivity contribution is 7.25. The third kappa shape index (κ3) is 16.8. The number of fused-ring (bicyclic) bond motifs is 1. The van der Waals surface area contributed by atoms with Gasteiger partial charge in [0.2, 0.25) is 0 Å². The van der Waals surface area contributed by atoms with Crippen molar-refractivity contribution in [3.05, 3.63) is 184 Å². The molecule has 0 saturated heterocycles. The number of unbranched alkanes of at least 4 members (excludes halogenated alkanes) is 12. The van der Waals surface area contributed by atoms with E-state index in [0.717, 1.165) is 35.0 Å². The fourth-order valence-corrected chi connectivity index (χ4v) is 17.5. The molecule has 0 atom stereocenters. The first-order valence-corrected chi connectivity index (χ1v) is 36.5. The second-order valence-corrected chi connectivity index (χ2v) is 28.7. The van der Waals surface area contributed by atoms with E-state index < -0.39 is 0 Å². The lowest BCUT2D eigenvalue weighted by Crippen LogP contribution is -1.85. The van der Waals surface area contributed by atoms with Crippen LogP contribution >= 0.6 is 79.7 Å². The van der Waals surface area contributed by atoms with E-state index in [1.807, 2.05) is 68.0 Å². The molecule has 0 unspecified atom stereocenters. The highest BCUT2D eigenvalue weighted by atomic mass is 32.1. The van der Waals surface area contributed by atoms with E-state index in [1.165, 1.54) is 221 Å². The Morgan fingerprint density at radius 2 is 0.639 bits per heavy atom.